The fourth-order valence-electron chi connectivity index (χ4n) is 2.22. The van der Waals surface area contributed by atoms with E-state index < -0.39 is 22.7 Å². The number of nitro benzene ring substituents is 1. The van der Waals surface area contributed by atoms with Crippen molar-refractivity contribution in [2.75, 3.05) is 5.32 Å². The largest absolute Gasteiger partial charge is 0.324 e. The number of nitro groups is 1. The SMILES string of the molecule is CC(=O)C(N=Nc1ccc(C)cc1[N+](=O)[O-])C(=O)Nc1ccccc1C. The summed E-state index contributed by atoms with van der Waals surface area (Å²) in [5.74, 6) is -1.17. The van der Waals surface area contributed by atoms with Gasteiger partial charge in [0.1, 0.15) is 0 Å². The molecule has 134 valence electrons. The van der Waals surface area contributed by atoms with Gasteiger partial charge >= 0.3 is 0 Å². The summed E-state index contributed by atoms with van der Waals surface area (Å²) >= 11 is 0. The van der Waals surface area contributed by atoms with Gasteiger partial charge in [-0.2, -0.15) is 5.11 Å². The molecule has 0 spiro atoms. The zero-order chi connectivity index (χ0) is 19.3. The van der Waals surface area contributed by atoms with Crippen molar-refractivity contribution >= 4 is 28.8 Å². The lowest BCUT2D eigenvalue weighted by Crippen LogP contribution is -2.32. The normalized spacial score (nSPS) is 12.0. The summed E-state index contributed by atoms with van der Waals surface area (Å²) in [5, 5.41) is 21.3. The molecule has 0 heterocycles. The smallest absolute Gasteiger partial charge is 0.296 e. The Morgan fingerprint density at radius 3 is 2.46 bits per heavy atom. The van der Waals surface area contributed by atoms with Gasteiger partial charge in [-0.15, -0.1) is 5.11 Å². The standard InChI is InChI=1S/C18H18N4O4/c1-11-8-9-15(16(10-11)22(25)26)20-21-17(13(3)23)18(24)19-14-7-5-4-6-12(14)2/h4-10,17H,1-3H3,(H,19,24). The van der Waals surface area contributed by atoms with Gasteiger partial charge < -0.3 is 5.32 Å². The summed E-state index contributed by atoms with van der Waals surface area (Å²) in [6.07, 6.45) is 0. The van der Waals surface area contributed by atoms with Gasteiger partial charge in [0.2, 0.25) is 6.04 Å². The van der Waals surface area contributed by atoms with E-state index in [0.717, 1.165) is 5.56 Å². The van der Waals surface area contributed by atoms with Gasteiger partial charge in [-0.1, -0.05) is 24.3 Å². The molecule has 1 unspecified atom stereocenters. The third-order valence-electron chi connectivity index (χ3n) is 3.64. The van der Waals surface area contributed by atoms with Crippen molar-refractivity contribution in [3.63, 3.8) is 0 Å². The van der Waals surface area contributed by atoms with Crippen molar-refractivity contribution in [2.24, 2.45) is 10.2 Å². The van der Waals surface area contributed by atoms with Crippen LogP contribution in [0.4, 0.5) is 17.1 Å². The Labute approximate surface area is 150 Å². The number of aryl methyl sites for hydroxylation is 2. The molecular formula is C18H18N4O4. The number of Topliss-reactive ketones (excluding diaryl/α,β-unsaturated/α-hetero) is 1. The Hall–Kier alpha value is -3.42. The van der Waals surface area contributed by atoms with Crippen LogP contribution in [-0.2, 0) is 9.59 Å². The molecule has 0 saturated carbocycles. The number of anilines is 1. The maximum Gasteiger partial charge on any atom is 0.296 e. The Bertz CT molecular complexity index is 893. The number of hydrogen-bond donors (Lipinski definition) is 1. The molecule has 8 heteroatoms. The molecule has 0 aliphatic heterocycles. The predicted octanol–water partition coefficient (Wildman–Crippen LogP) is 3.89. The highest BCUT2D eigenvalue weighted by Crippen LogP contribution is 2.28. The van der Waals surface area contributed by atoms with Crippen LogP contribution in [-0.4, -0.2) is 22.7 Å². The van der Waals surface area contributed by atoms with Gasteiger partial charge in [-0.25, -0.2) is 0 Å². The number of ketones is 1. The third kappa shape index (κ3) is 4.56. The van der Waals surface area contributed by atoms with Crippen LogP contribution < -0.4 is 5.32 Å². The first-order valence-electron chi connectivity index (χ1n) is 7.82. The number of carbonyl (C=O) groups is 2. The Kier molecular flexibility index (Phi) is 5.90. The molecule has 1 N–H and O–H groups in total. The van der Waals surface area contributed by atoms with Crippen LogP contribution in [0.3, 0.4) is 0 Å². The summed E-state index contributed by atoms with van der Waals surface area (Å²) in [6.45, 7) is 4.74. The number of benzene rings is 2. The zero-order valence-electron chi connectivity index (χ0n) is 14.6. The molecule has 0 fully saturated rings. The molecule has 0 aromatic heterocycles. The highest BCUT2D eigenvalue weighted by molar-refractivity contribution is 6.10. The third-order valence-corrected chi connectivity index (χ3v) is 3.64. The van der Waals surface area contributed by atoms with Crippen LogP contribution in [0.15, 0.2) is 52.7 Å². The minimum atomic E-state index is -1.39. The molecule has 2 aromatic rings. The van der Waals surface area contributed by atoms with Gasteiger partial charge in [0.15, 0.2) is 11.5 Å². The molecule has 0 saturated heterocycles. The number of carbonyl (C=O) groups excluding carboxylic acids is 2. The summed E-state index contributed by atoms with van der Waals surface area (Å²) in [4.78, 5) is 34.7. The van der Waals surface area contributed by atoms with Crippen molar-refractivity contribution in [3.8, 4) is 0 Å². The number of nitrogens with zero attached hydrogens (tertiary/aromatic N) is 3. The quantitative estimate of drug-likeness (QED) is 0.367. The molecule has 0 radical (unpaired) electrons. The average molecular weight is 354 g/mol. The van der Waals surface area contributed by atoms with Gasteiger partial charge in [-0.05, 0) is 44.0 Å². The van der Waals surface area contributed by atoms with Gasteiger partial charge in [0.25, 0.3) is 11.6 Å². The minimum Gasteiger partial charge on any atom is -0.324 e. The Morgan fingerprint density at radius 2 is 1.85 bits per heavy atom. The number of hydrogen-bond acceptors (Lipinski definition) is 6. The lowest BCUT2D eigenvalue weighted by atomic mass is 10.1. The summed E-state index contributed by atoms with van der Waals surface area (Å²) < 4.78 is 0. The summed E-state index contributed by atoms with van der Waals surface area (Å²) in [6, 6.07) is 10.1. The second-order valence-electron chi connectivity index (χ2n) is 5.78. The highest BCUT2D eigenvalue weighted by atomic mass is 16.6. The number of azo groups is 1. The van der Waals surface area contributed by atoms with Crippen molar-refractivity contribution < 1.29 is 14.5 Å². The Balaban J connectivity index is 2.27. The van der Waals surface area contributed by atoms with Gasteiger partial charge in [-0.3, -0.25) is 19.7 Å². The molecular weight excluding hydrogens is 336 g/mol. The number of nitrogens with one attached hydrogen (secondary N) is 1. The van der Waals surface area contributed by atoms with Gasteiger partial charge in [0.05, 0.1) is 4.92 Å². The minimum absolute atomic E-state index is 0.0180. The van der Waals surface area contributed by atoms with E-state index in [1.54, 1.807) is 25.1 Å². The van der Waals surface area contributed by atoms with Crippen LogP contribution in [0.2, 0.25) is 0 Å². The lowest BCUT2D eigenvalue weighted by Gasteiger charge is -2.11. The monoisotopic (exact) mass is 354 g/mol. The van der Waals surface area contributed by atoms with Crippen LogP contribution in [0.1, 0.15) is 18.1 Å². The molecule has 1 amide bonds. The fourth-order valence-corrected chi connectivity index (χ4v) is 2.22. The second kappa shape index (κ2) is 8.11. The first kappa shape index (κ1) is 18.9. The Morgan fingerprint density at radius 1 is 1.15 bits per heavy atom. The molecule has 0 aliphatic carbocycles. The maximum absolute atomic E-state index is 12.4. The molecule has 2 aromatic carbocycles. The van der Waals surface area contributed by atoms with E-state index in [0.29, 0.717) is 11.3 Å². The molecule has 8 nitrogen and oxygen atoms in total. The average Bonchev–Trinajstić information content (AvgIpc) is 2.57. The van der Waals surface area contributed by atoms with Crippen molar-refractivity contribution in [3.05, 3.63) is 63.7 Å². The maximum atomic E-state index is 12.4. The topological polar surface area (TPSA) is 114 Å². The predicted molar refractivity (Wildman–Crippen MR) is 96.6 cm³/mol. The van der Waals surface area contributed by atoms with Crippen molar-refractivity contribution in [2.45, 2.75) is 26.8 Å². The van der Waals surface area contributed by atoms with E-state index in [4.69, 9.17) is 0 Å². The fraction of sp³-hybridized carbons (Fsp3) is 0.222. The molecule has 2 rings (SSSR count). The zero-order valence-corrected chi connectivity index (χ0v) is 14.6. The molecule has 0 aliphatic rings. The molecule has 0 bridgehead atoms. The van der Waals surface area contributed by atoms with E-state index in [2.05, 4.69) is 15.5 Å². The van der Waals surface area contributed by atoms with Crippen LogP contribution in [0, 0.1) is 24.0 Å². The lowest BCUT2D eigenvalue weighted by molar-refractivity contribution is -0.384. The number of rotatable bonds is 6. The van der Waals surface area contributed by atoms with E-state index in [1.165, 1.54) is 19.1 Å². The molecule has 1 atom stereocenters. The van der Waals surface area contributed by atoms with E-state index in [-0.39, 0.29) is 11.4 Å². The number of amides is 1. The first-order chi connectivity index (χ1) is 12.3. The highest BCUT2D eigenvalue weighted by Gasteiger charge is 2.24. The van der Waals surface area contributed by atoms with Crippen molar-refractivity contribution in [1.29, 1.82) is 0 Å². The van der Waals surface area contributed by atoms with Crippen LogP contribution >= 0.6 is 0 Å². The summed E-state index contributed by atoms with van der Waals surface area (Å²) in [5.41, 5.74) is 1.82. The first-order valence-corrected chi connectivity index (χ1v) is 7.82. The van der Waals surface area contributed by atoms with E-state index in [1.807, 2.05) is 19.1 Å². The van der Waals surface area contributed by atoms with E-state index >= 15 is 0 Å². The van der Waals surface area contributed by atoms with Gasteiger partial charge in [0, 0.05) is 11.8 Å². The van der Waals surface area contributed by atoms with E-state index in [9.17, 15) is 19.7 Å². The van der Waals surface area contributed by atoms with Crippen LogP contribution in [0.5, 0.6) is 0 Å². The van der Waals surface area contributed by atoms with Crippen molar-refractivity contribution in [1.82, 2.24) is 0 Å². The molecule has 26 heavy (non-hydrogen) atoms. The van der Waals surface area contributed by atoms with Crippen LogP contribution in [0.25, 0.3) is 0 Å². The summed E-state index contributed by atoms with van der Waals surface area (Å²) in [7, 11) is 0. The second-order valence-corrected chi connectivity index (χ2v) is 5.78. The number of para-hydroxylation sites is 1.